The Morgan fingerprint density at radius 2 is 1.81 bits per heavy atom. The molecular formula is C24H22N4O4. The summed E-state index contributed by atoms with van der Waals surface area (Å²) in [4.78, 5) is 42.7. The Bertz CT molecular complexity index is 1300. The lowest BCUT2D eigenvalue weighted by atomic mass is 9.95. The number of rotatable bonds is 6. The zero-order valence-corrected chi connectivity index (χ0v) is 17.5. The van der Waals surface area contributed by atoms with E-state index in [0.717, 1.165) is 27.5 Å². The van der Waals surface area contributed by atoms with Crippen LogP contribution in [0.15, 0.2) is 60.7 Å². The topological polar surface area (TPSA) is 128 Å². The number of carbonyl (C=O) groups excluding carboxylic acids is 3. The predicted molar refractivity (Wildman–Crippen MR) is 121 cm³/mol. The molecule has 0 fully saturated rings. The molecule has 0 spiro atoms. The minimum absolute atomic E-state index is 0.0833. The van der Waals surface area contributed by atoms with Gasteiger partial charge >= 0.3 is 0 Å². The fraction of sp³-hybridized carbons (Fsp3) is 0.125. The lowest BCUT2D eigenvalue weighted by Crippen LogP contribution is -2.30. The van der Waals surface area contributed by atoms with Gasteiger partial charge in [0.05, 0.1) is 19.2 Å². The van der Waals surface area contributed by atoms with Gasteiger partial charge in [0, 0.05) is 23.4 Å². The molecule has 4 rings (SSSR count). The van der Waals surface area contributed by atoms with E-state index in [4.69, 9.17) is 16.3 Å². The molecule has 0 aromatic heterocycles. The van der Waals surface area contributed by atoms with Gasteiger partial charge in [-0.05, 0) is 51.7 Å². The molecule has 3 aromatic rings. The van der Waals surface area contributed by atoms with Crippen LogP contribution in [0.25, 0.3) is 21.9 Å². The fourth-order valence-electron chi connectivity index (χ4n) is 3.88. The van der Waals surface area contributed by atoms with Gasteiger partial charge in [0.25, 0.3) is 11.8 Å². The van der Waals surface area contributed by atoms with Crippen molar-refractivity contribution in [2.45, 2.75) is 6.54 Å². The highest BCUT2D eigenvalue weighted by Gasteiger charge is 2.29. The molecule has 1 aliphatic rings. The number of anilines is 1. The minimum Gasteiger partial charge on any atom is -0.398 e. The van der Waals surface area contributed by atoms with Gasteiger partial charge < -0.3 is 16.4 Å². The molecule has 0 saturated carbocycles. The Kier molecular flexibility index (Phi) is 5.38. The number of primary amides is 1. The number of carbonyl (C=O) groups is 3. The van der Waals surface area contributed by atoms with Gasteiger partial charge in [-0.2, -0.15) is 0 Å². The average molecular weight is 430 g/mol. The third-order valence-corrected chi connectivity index (χ3v) is 5.56. The molecule has 5 N–H and O–H groups in total. The fourth-order valence-corrected chi connectivity index (χ4v) is 3.88. The van der Waals surface area contributed by atoms with Crippen LogP contribution in [0.1, 0.15) is 26.3 Å². The number of fused-ring (bicyclic) bond motifs is 3. The molecule has 0 unspecified atom stereocenters. The zero-order valence-electron chi connectivity index (χ0n) is 17.5. The van der Waals surface area contributed by atoms with E-state index in [0.29, 0.717) is 23.4 Å². The van der Waals surface area contributed by atoms with Crippen molar-refractivity contribution >= 4 is 34.2 Å². The standard InChI is InChI=1S/C24H22N4O4/c1-13(22(26)29)11-28-12-20-17(24(28)31)7-5-14-3-4-15(9-18(14)20)16-6-8-21(25)19(10-16)23(30)27-32-2/h3-10H,1,11-12,25H2,2H3,(H2,26,29)(H,27,30). The third kappa shape index (κ3) is 3.67. The van der Waals surface area contributed by atoms with Crippen molar-refractivity contribution in [2.75, 3.05) is 19.4 Å². The van der Waals surface area contributed by atoms with Crippen molar-refractivity contribution in [3.8, 4) is 11.1 Å². The Balaban J connectivity index is 1.75. The van der Waals surface area contributed by atoms with Crippen LogP contribution in [0.2, 0.25) is 0 Å². The summed E-state index contributed by atoms with van der Waals surface area (Å²) in [5.41, 5.74) is 17.4. The number of amides is 3. The molecule has 3 amide bonds. The van der Waals surface area contributed by atoms with E-state index in [1.807, 2.05) is 30.3 Å². The summed E-state index contributed by atoms with van der Waals surface area (Å²) in [6.45, 7) is 4.09. The first-order chi connectivity index (χ1) is 15.3. The molecule has 0 radical (unpaired) electrons. The minimum atomic E-state index is -0.627. The summed E-state index contributed by atoms with van der Waals surface area (Å²) in [6, 6.07) is 14.8. The highest BCUT2D eigenvalue weighted by atomic mass is 16.6. The summed E-state index contributed by atoms with van der Waals surface area (Å²) in [7, 11) is 1.35. The maximum absolute atomic E-state index is 12.8. The van der Waals surface area contributed by atoms with Crippen LogP contribution in [0.3, 0.4) is 0 Å². The second-order valence-electron chi connectivity index (χ2n) is 7.59. The molecule has 0 aliphatic carbocycles. The molecule has 1 heterocycles. The van der Waals surface area contributed by atoms with E-state index in [1.54, 1.807) is 23.1 Å². The molecule has 1 aliphatic heterocycles. The monoisotopic (exact) mass is 430 g/mol. The Labute approximate surface area is 184 Å². The van der Waals surface area contributed by atoms with E-state index in [2.05, 4.69) is 12.1 Å². The number of hydroxylamine groups is 1. The van der Waals surface area contributed by atoms with Crippen molar-refractivity contribution in [2.24, 2.45) is 5.73 Å². The first-order valence-electron chi connectivity index (χ1n) is 9.86. The molecule has 32 heavy (non-hydrogen) atoms. The normalized spacial score (nSPS) is 12.7. The van der Waals surface area contributed by atoms with Crippen molar-refractivity contribution in [3.63, 3.8) is 0 Å². The molecule has 0 bridgehead atoms. The molecule has 0 saturated heterocycles. The van der Waals surface area contributed by atoms with E-state index >= 15 is 0 Å². The van der Waals surface area contributed by atoms with Gasteiger partial charge in [0.15, 0.2) is 0 Å². The van der Waals surface area contributed by atoms with Crippen LogP contribution in [0.5, 0.6) is 0 Å². The largest absolute Gasteiger partial charge is 0.398 e. The molecule has 8 heteroatoms. The van der Waals surface area contributed by atoms with Crippen molar-refractivity contribution in [3.05, 3.63) is 77.4 Å². The summed E-state index contributed by atoms with van der Waals surface area (Å²) in [5, 5.41) is 1.89. The van der Waals surface area contributed by atoms with E-state index in [-0.39, 0.29) is 18.0 Å². The van der Waals surface area contributed by atoms with Gasteiger partial charge in [0.2, 0.25) is 5.91 Å². The van der Waals surface area contributed by atoms with Crippen molar-refractivity contribution < 1.29 is 19.2 Å². The first kappa shape index (κ1) is 21.1. The SMILES string of the molecule is C=C(CN1Cc2c(ccc3ccc(-c4ccc(N)c(C(=O)NOC)c4)cc23)C1=O)C(N)=O. The molecule has 162 valence electrons. The van der Waals surface area contributed by atoms with Crippen LogP contribution in [-0.2, 0) is 16.2 Å². The van der Waals surface area contributed by atoms with E-state index < -0.39 is 11.8 Å². The summed E-state index contributed by atoms with van der Waals surface area (Å²) < 4.78 is 0. The number of nitrogen functional groups attached to an aromatic ring is 1. The number of nitrogens with one attached hydrogen (secondary N) is 1. The van der Waals surface area contributed by atoms with Gasteiger partial charge in [-0.15, -0.1) is 0 Å². The van der Waals surface area contributed by atoms with Crippen LogP contribution in [0.4, 0.5) is 5.69 Å². The summed E-state index contributed by atoms with van der Waals surface area (Å²) in [6.07, 6.45) is 0. The number of nitrogens with zero attached hydrogens (tertiary/aromatic N) is 1. The second kappa shape index (κ2) is 8.16. The molecule has 8 nitrogen and oxygen atoms in total. The number of hydrogen-bond acceptors (Lipinski definition) is 5. The first-order valence-corrected chi connectivity index (χ1v) is 9.86. The lowest BCUT2D eigenvalue weighted by molar-refractivity contribution is -0.114. The summed E-state index contributed by atoms with van der Waals surface area (Å²) in [5.74, 6) is -1.23. The smallest absolute Gasteiger partial charge is 0.276 e. The van der Waals surface area contributed by atoms with Crippen LogP contribution < -0.4 is 16.9 Å². The van der Waals surface area contributed by atoms with Gasteiger partial charge in [0.1, 0.15) is 0 Å². The lowest BCUT2D eigenvalue weighted by Gasteiger charge is -2.15. The van der Waals surface area contributed by atoms with Gasteiger partial charge in [-0.3, -0.25) is 19.2 Å². The van der Waals surface area contributed by atoms with Crippen LogP contribution >= 0.6 is 0 Å². The van der Waals surface area contributed by atoms with Crippen molar-refractivity contribution in [1.82, 2.24) is 10.4 Å². The number of nitrogens with two attached hydrogens (primary N) is 2. The maximum Gasteiger partial charge on any atom is 0.276 e. The average Bonchev–Trinajstić information content (AvgIpc) is 3.09. The van der Waals surface area contributed by atoms with Crippen LogP contribution in [-0.4, -0.2) is 36.3 Å². The molecular weight excluding hydrogens is 408 g/mol. The quantitative estimate of drug-likeness (QED) is 0.314. The van der Waals surface area contributed by atoms with Gasteiger partial charge in [-0.1, -0.05) is 30.8 Å². The molecule has 3 aromatic carbocycles. The highest BCUT2D eigenvalue weighted by Crippen LogP contribution is 2.34. The Morgan fingerprint density at radius 3 is 2.53 bits per heavy atom. The number of benzene rings is 3. The zero-order chi connectivity index (χ0) is 23.0. The van der Waals surface area contributed by atoms with E-state index in [1.165, 1.54) is 7.11 Å². The third-order valence-electron chi connectivity index (χ3n) is 5.56. The Hall–Kier alpha value is -4.17. The van der Waals surface area contributed by atoms with Crippen LogP contribution in [0, 0.1) is 0 Å². The van der Waals surface area contributed by atoms with E-state index in [9.17, 15) is 14.4 Å². The van der Waals surface area contributed by atoms with Crippen molar-refractivity contribution in [1.29, 1.82) is 0 Å². The summed E-state index contributed by atoms with van der Waals surface area (Å²) >= 11 is 0. The van der Waals surface area contributed by atoms with Gasteiger partial charge in [-0.25, -0.2) is 5.48 Å². The Morgan fingerprint density at radius 1 is 1.12 bits per heavy atom. The maximum atomic E-state index is 12.8. The highest BCUT2D eigenvalue weighted by molar-refractivity contribution is 6.06. The second-order valence-corrected chi connectivity index (χ2v) is 7.59. The predicted octanol–water partition coefficient (Wildman–Crippen LogP) is 2.38. The number of hydrogen-bond donors (Lipinski definition) is 3. The molecule has 0 atom stereocenters.